The first-order chi connectivity index (χ1) is 8.95. The van der Waals surface area contributed by atoms with Gasteiger partial charge in [-0.2, -0.15) is 9.78 Å². The van der Waals surface area contributed by atoms with Gasteiger partial charge in [-0.3, -0.25) is 4.79 Å². The summed E-state index contributed by atoms with van der Waals surface area (Å²) in [7, 11) is 0. The van der Waals surface area contributed by atoms with Crippen molar-refractivity contribution in [1.82, 2.24) is 9.78 Å². The van der Waals surface area contributed by atoms with Gasteiger partial charge in [0, 0.05) is 12.0 Å². The monoisotopic (exact) mass is 297 g/mol. The highest BCUT2D eigenvalue weighted by molar-refractivity contribution is 6.42. The number of hydrogen-bond donors (Lipinski definition) is 1. The molecule has 0 aliphatic carbocycles. The van der Waals surface area contributed by atoms with E-state index in [0.717, 1.165) is 5.56 Å². The van der Waals surface area contributed by atoms with Crippen LogP contribution in [0.15, 0.2) is 18.2 Å². The fraction of sp³-hybridized carbons (Fsp3) is 0.231. The van der Waals surface area contributed by atoms with Gasteiger partial charge in [-0.1, -0.05) is 36.2 Å². The van der Waals surface area contributed by atoms with E-state index in [4.69, 9.17) is 28.9 Å². The predicted molar refractivity (Wildman–Crippen MR) is 77.7 cm³/mol. The van der Waals surface area contributed by atoms with Crippen LogP contribution in [0.4, 0.5) is 5.82 Å². The minimum absolute atomic E-state index is 0.146. The van der Waals surface area contributed by atoms with Gasteiger partial charge in [0.1, 0.15) is 5.82 Å². The van der Waals surface area contributed by atoms with Crippen molar-refractivity contribution in [3.8, 4) is 11.1 Å². The van der Waals surface area contributed by atoms with Gasteiger partial charge in [0.2, 0.25) is 5.91 Å². The number of rotatable bonds is 2. The van der Waals surface area contributed by atoms with Gasteiger partial charge in [-0.05, 0) is 24.6 Å². The predicted octanol–water partition coefficient (Wildman–Crippen LogP) is 3.80. The first-order valence-corrected chi connectivity index (χ1v) is 6.55. The summed E-state index contributed by atoms with van der Waals surface area (Å²) in [5.41, 5.74) is 8.18. The van der Waals surface area contributed by atoms with E-state index in [-0.39, 0.29) is 5.91 Å². The molecule has 0 aliphatic heterocycles. The summed E-state index contributed by atoms with van der Waals surface area (Å²) >= 11 is 11.9. The van der Waals surface area contributed by atoms with E-state index in [2.05, 4.69) is 5.10 Å². The summed E-state index contributed by atoms with van der Waals surface area (Å²) in [6.45, 7) is 3.56. The molecule has 2 rings (SSSR count). The van der Waals surface area contributed by atoms with Gasteiger partial charge in [-0.25, -0.2) is 0 Å². The number of nitrogen functional groups attached to an aromatic ring is 1. The van der Waals surface area contributed by atoms with Gasteiger partial charge in [0.15, 0.2) is 0 Å². The normalized spacial score (nSPS) is 10.7. The molecule has 0 saturated carbocycles. The summed E-state index contributed by atoms with van der Waals surface area (Å²) < 4.78 is 1.23. The van der Waals surface area contributed by atoms with E-state index < -0.39 is 0 Å². The van der Waals surface area contributed by atoms with E-state index in [0.29, 0.717) is 33.5 Å². The maximum atomic E-state index is 11.7. The molecule has 0 unspecified atom stereocenters. The Morgan fingerprint density at radius 2 is 2.05 bits per heavy atom. The maximum Gasteiger partial charge on any atom is 0.248 e. The highest BCUT2D eigenvalue weighted by Crippen LogP contribution is 2.33. The molecular weight excluding hydrogens is 285 g/mol. The van der Waals surface area contributed by atoms with Crippen LogP contribution in [0.5, 0.6) is 0 Å². The van der Waals surface area contributed by atoms with Gasteiger partial charge in [0.25, 0.3) is 0 Å². The molecule has 0 radical (unpaired) electrons. The van der Waals surface area contributed by atoms with Crippen molar-refractivity contribution in [3.63, 3.8) is 0 Å². The fourth-order valence-corrected chi connectivity index (χ4v) is 2.19. The highest BCUT2D eigenvalue weighted by Gasteiger charge is 2.18. The van der Waals surface area contributed by atoms with Crippen LogP contribution >= 0.6 is 23.2 Å². The van der Waals surface area contributed by atoms with Crippen LogP contribution in [0.2, 0.25) is 10.0 Å². The van der Waals surface area contributed by atoms with Crippen LogP contribution in [-0.4, -0.2) is 15.7 Å². The number of nitrogens with two attached hydrogens (primary N) is 1. The van der Waals surface area contributed by atoms with E-state index >= 15 is 0 Å². The van der Waals surface area contributed by atoms with Crippen LogP contribution in [0.3, 0.4) is 0 Å². The smallest absolute Gasteiger partial charge is 0.248 e. The van der Waals surface area contributed by atoms with Crippen molar-refractivity contribution in [2.45, 2.75) is 20.3 Å². The fourth-order valence-electron chi connectivity index (χ4n) is 1.89. The lowest BCUT2D eigenvalue weighted by atomic mass is 10.1. The lowest BCUT2D eigenvalue weighted by molar-refractivity contribution is 0.0895. The second-order valence-electron chi connectivity index (χ2n) is 4.13. The SMILES string of the molecule is CCC(=O)n1nc(C)c(-c2ccc(Cl)c(Cl)c2)c1N. The summed E-state index contributed by atoms with van der Waals surface area (Å²) in [5.74, 6) is 0.176. The number of anilines is 1. The molecule has 0 fully saturated rings. The Bertz CT molecular complexity index is 650. The van der Waals surface area contributed by atoms with Crippen molar-refractivity contribution in [1.29, 1.82) is 0 Å². The first kappa shape index (κ1) is 13.9. The van der Waals surface area contributed by atoms with Crippen molar-refractivity contribution < 1.29 is 4.79 Å². The Hall–Kier alpha value is -1.52. The zero-order valence-electron chi connectivity index (χ0n) is 10.6. The number of aryl methyl sites for hydroxylation is 1. The van der Waals surface area contributed by atoms with E-state index in [1.807, 2.05) is 0 Å². The molecule has 0 saturated heterocycles. The Balaban J connectivity index is 2.59. The van der Waals surface area contributed by atoms with E-state index in [9.17, 15) is 4.79 Å². The molecule has 2 N–H and O–H groups in total. The number of benzene rings is 1. The first-order valence-electron chi connectivity index (χ1n) is 5.79. The standard InChI is InChI=1S/C13H13Cl2N3O/c1-3-11(19)18-13(16)12(7(2)17-18)8-4-5-9(14)10(15)6-8/h4-6H,3,16H2,1-2H3. The van der Waals surface area contributed by atoms with E-state index in [1.165, 1.54) is 4.68 Å². The minimum Gasteiger partial charge on any atom is -0.383 e. The quantitative estimate of drug-likeness (QED) is 0.917. The van der Waals surface area contributed by atoms with E-state index in [1.54, 1.807) is 32.0 Å². The Labute approximate surface area is 121 Å². The molecular formula is C13H13Cl2N3O. The topological polar surface area (TPSA) is 60.9 Å². The molecule has 2 aromatic rings. The van der Waals surface area contributed by atoms with Crippen LogP contribution in [0, 0.1) is 6.92 Å². The largest absolute Gasteiger partial charge is 0.383 e. The number of carbonyl (C=O) groups excluding carboxylic acids is 1. The Morgan fingerprint density at radius 1 is 1.37 bits per heavy atom. The lowest BCUT2D eigenvalue weighted by Crippen LogP contribution is -2.13. The second-order valence-corrected chi connectivity index (χ2v) is 4.95. The average Bonchev–Trinajstić information content (AvgIpc) is 2.68. The van der Waals surface area contributed by atoms with Gasteiger partial charge >= 0.3 is 0 Å². The van der Waals surface area contributed by atoms with Gasteiger partial charge in [0.05, 0.1) is 15.7 Å². The molecule has 4 nitrogen and oxygen atoms in total. The van der Waals surface area contributed by atoms with Gasteiger partial charge < -0.3 is 5.73 Å². The molecule has 1 aromatic carbocycles. The summed E-state index contributed by atoms with van der Waals surface area (Å²) in [5, 5.41) is 5.08. The average molecular weight is 298 g/mol. The summed E-state index contributed by atoms with van der Waals surface area (Å²) in [6, 6.07) is 5.21. The molecule has 100 valence electrons. The third-order valence-corrected chi connectivity index (χ3v) is 3.58. The molecule has 1 aromatic heterocycles. The second kappa shape index (κ2) is 5.23. The molecule has 0 aliphatic rings. The van der Waals surface area contributed by atoms with Crippen molar-refractivity contribution in [2.24, 2.45) is 0 Å². The molecule has 1 heterocycles. The van der Waals surface area contributed by atoms with Crippen LogP contribution < -0.4 is 5.73 Å². The van der Waals surface area contributed by atoms with Crippen molar-refractivity contribution >= 4 is 34.9 Å². The molecule has 0 bridgehead atoms. The summed E-state index contributed by atoms with van der Waals surface area (Å²) in [6.07, 6.45) is 0.339. The Kier molecular flexibility index (Phi) is 3.83. The van der Waals surface area contributed by atoms with Gasteiger partial charge in [-0.15, -0.1) is 0 Å². The number of nitrogens with zero attached hydrogens (tertiary/aromatic N) is 2. The maximum absolute atomic E-state index is 11.7. The molecule has 0 atom stereocenters. The Morgan fingerprint density at radius 3 is 2.63 bits per heavy atom. The number of halogens is 2. The third-order valence-electron chi connectivity index (χ3n) is 2.84. The third kappa shape index (κ3) is 2.46. The van der Waals surface area contributed by atoms with Crippen molar-refractivity contribution in [3.05, 3.63) is 33.9 Å². The minimum atomic E-state index is -0.146. The van der Waals surface area contributed by atoms with Crippen LogP contribution in [0.1, 0.15) is 23.8 Å². The van der Waals surface area contributed by atoms with Crippen LogP contribution in [0.25, 0.3) is 11.1 Å². The highest BCUT2D eigenvalue weighted by atomic mass is 35.5. The number of carbonyl (C=O) groups is 1. The summed E-state index contributed by atoms with van der Waals surface area (Å²) in [4.78, 5) is 11.7. The lowest BCUT2D eigenvalue weighted by Gasteiger charge is -2.04. The molecule has 19 heavy (non-hydrogen) atoms. The van der Waals surface area contributed by atoms with Crippen molar-refractivity contribution in [2.75, 3.05) is 5.73 Å². The number of aromatic nitrogens is 2. The zero-order chi connectivity index (χ0) is 14.2. The van der Waals surface area contributed by atoms with Crippen LogP contribution in [-0.2, 0) is 0 Å². The zero-order valence-corrected chi connectivity index (χ0v) is 12.1. The molecule has 0 amide bonds. The number of hydrogen-bond acceptors (Lipinski definition) is 3. The molecule has 0 spiro atoms. The molecule has 6 heteroatoms.